The fourth-order valence-electron chi connectivity index (χ4n) is 3.50. The fraction of sp³-hybridized carbons (Fsp3) is 0.286. The van der Waals surface area contributed by atoms with Crippen LogP contribution in [0.1, 0.15) is 22.2 Å². The van der Waals surface area contributed by atoms with Crippen LogP contribution in [0, 0.1) is 0 Å². The van der Waals surface area contributed by atoms with Crippen molar-refractivity contribution in [3.8, 4) is 0 Å². The van der Waals surface area contributed by atoms with Crippen molar-refractivity contribution in [2.24, 2.45) is 0 Å². The van der Waals surface area contributed by atoms with Crippen molar-refractivity contribution in [1.29, 1.82) is 0 Å². The minimum atomic E-state index is -3.58. The molecule has 0 saturated carbocycles. The molecule has 0 radical (unpaired) electrons. The number of benzene rings is 2. The second-order valence-electron chi connectivity index (χ2n) is 7.08. The van der Waals surface area contributed by atoms with E-state index in [1.54, 1.807) is 29.2 Å². The van der Waals surface area contributed by atoms with Crippen molar-refractivity contribution in [2.75, 3.05) is 26.2 Å². The predicted octanol–water partition coefficient (Wildman–Crippen LogP) is 4.92. The average Bonchev–Trinajstić information content (AvgIpc) is 3.08. The van der Waals surface area contributed by atoms with E-state index in [0.29, 0.717) is 28.0 Å². The van der Waals surface area contributed by atoms with Gasteiger partial charge in [0, 0.05) is 41.3 Å². The van der Waals surface area contributed by atoms with E-state index in [2.05, 4.69) is 0 Å². The standard InChI is InChI=1S/C21H20Cl2N2O3S2/c1-2-14-3-6-16(7-4-14)30(27,28)25-11-9-24(10-12-25)21(26)20-19(23)17-8-5-15(22)13-18(17)29-20/h3-8,13H,2,9-12H2,1H3. The van der Waals surface area contributed by atoms with Gasteiger partial charge in [0.2, 0.25) is 10.0 Å². The van der Waals surface area contributed by atoms with Gasteiger partial charge in [0.15, 0.2) is 0 Å². The van der Waals surface area contributed by atoms with E-state index < -0.39 is 10.0 Å². The Morgan fingerprint density at radius 2 is 1.70 bits per heavy atom. The number of aryl methyl sites for hydroxylation is 1. The first-order valence-electron chi connectivity index (χ1n) is 9.57. The molecule has 4 rings (SSSR count). The van der Waals surface area contributed by atoms with Crippen LogP contribution in [0.25, 0.3) is 10.1 Å². The molecule has 0 unspecified atom stereocenters. The molecule has 0 aliphatic carbocycles. The Bertz CT molecular complexity index is 1200. The highest BCUT2D eigenvalue weighted by atomic mass is 35.5. The molecule has 2 aromatic carbocycles. The third-order valence-electron chi connectivity index (χ3n) is 5.28. The number of hydrogen-bond donors (Lipinski definition) is 0. The lowest BCUT2D eigenvalue weighted by Crippen LogP contribution is -2.50. The first kappa shape index (κ1) is 21.6. The lowest BCUT2D eigenvalue weighted by atomic mass is 10.2. The van der Waals surface area contributed by atoms with E-state index in [1.807, 2.05) is 25.1 Å². The number of halogens is 2. The number of sulfonamides is 1. The van der Waals surface area contributed by atoms with E-state index in [-0.39, 0.29) is 23.9 Å². The van der Waals surface area contributed by atoms with Gasteiger partial charge in [-0.15, -0.1) is 11.3 Å². The second kappa shape index (κ2) is 8.48. The number of amides is 1. The summed E-state index contributed by atoms with van der Waals surface area (Å²) in [5, 5.41) is 1.80. The van der Waals surface area contributed by atoms with Crippen LogP contribution in [-0.2, 0) is 16.4 Å². The van der Waals surface area contributed by atoms with Crippen LogP contribution in [0.2, 0.25) is 10.0 Å². The Balaban J connectivity index is 1.49. The first-order valence-corrected chi connectivity index (χ1v) is 12.6. The van der Waals surface area contributed by atoms with Gasteiger partial charge in [-0.25, -0.2) is 8.42 Å². The minimum Gasteiger partial charge on any atom is -0.335 e. The molecule has 0 spiro atoms. The summed E-state index contributed by atoms with van der Waals surface area (Å²) in [6, 6.07) is 12.3. The van der Waals surface area contributed by atoms with Crippen LogP contribution < -0.4 is 0 Å². The molecule has 30 heavy (non-hydrogen) atoms. The topological polar surface area (TPSA) is 57.7 Å². The van der Waals surface area contributed by atoms with Gasteiger partial charge >= 0.3 is 0 Å². The molecular formula is C21H20Cl2N2O3S2. The van der Waals surface area contributed by atoms with Crippen LogP contribution in [0.15, 0.2) is 47.4 Å². The second-order valence-corrected chi connectivity index (χ2v) is 10.9. The molecule has 1 fully saturated rings. The summed E-state index contributed by atoms with van der Waals surface area (Å²) >= 11 is 13.8. The smallest absolute Gasteiger partial charge is 0.265 e. The number of carbonyl (C=O) groups is 1. The molecule has 1 amide bonds. The van der Waals surface area contributed by atoms with Gasteiger partial charge in [0.1, 0.15) is 4.88 Å². The molecule has 9 heteroatoms. The van der Waals surface area contributed by atoms with E-state index in [9.17, 15) is 13.2 Å². The van der Waals surface area contributed by atoms with Crippen molar-refractivity contribution < 1.29 is 13.2 Å². The van der Waals surface area contributed by atoms with Gasteiger partial charge in [-0.3, -0.25) is 4.79 Å². The molecule has 0 bridgehead atoms. The number of nitrogens with zero attached hydrogens (tertiary/aromatic N) is 2. The van der Waals surface area contributed by atoms with Crippen molar-refractivity contribution in [1.82, 2.24) is 9.21 Å². The van der Waals surface area contributed by atoms with Crippen molar-refractivity contribution in [2.45, 2.75) is 18.2 Å². The van der Waals surface area contributed by atoms with Crippen molar-refractivity contribution in [3.05, 3.63) is 63.0 Å². The lowest BCUT2D eigenvalue weighted by Gasteiger charge is -2.33. The number of carbonyl (C=O) groups excluding carboxylic acids is 1. The molecule has 1 saturated heterocycles. The number of rotatable bonds is 4. The molecule has 1 aromatic heterocycles. The molecular weight excluding hydrogens is 463 g/mol. The molecule has 1 aliphatic heterocycles. The largest absolute Gasteiger partial charge is 0.335 e. The Morgan fingerprint density at radius 1 is 1.03 bits per heavy atom. The highest BCUT2D eigenvalue weighted by Crippen LogP contribution is 2.37. The summed E-state index contributed by atoms with van der Waals surface area (Å²) < 4.78 is 28.1. The highest BCUT2D eigenvalue weighted by Gasteiger charge is 2.31. The maximum absolute atomic E-state index is 13.0. The van der Waals surface area contributed by atoms with Gasteiger partial charge in [0.25, 0.3) is 5.91 Å². The maximum atomic E-state index is 13.0. The molecule has 2 heterocycles. The monoisotopic (exact) mass is 482 g/mol. The van der Waals surface area contributed by atoms with Gasteiger partial charge in [0.05, 0.1) is 9.92 Å². The number of piperazine rings is 1. The number of hydrogen-bond acceptors (Lipinski definition) is 4. The molecule has 158 valence electrons. The normalized spacial score (nSPS) is 15.6. The minimum absolute atomic E-state index is 0.179. The Labute approximate surface area is 189 Å². The maximum Gasteiger partial charge on any atom is 0.265 e. The van der Waals surface area contributed by atoms with Crippen molar-refractivity contribution in [3.63, 3.8) is 0 Å². The summed E-state index contributed by atoms with van der Waals surface area (Å²) in [7, 11) is -3.58. The molecule has 1 aliphatic rings. The summed E-state index contributed by atoms with van der Waals surface area (Å²) in [5.41, 5.74) is 1.09. The number of thiophene rings is 1. The number of fused-ring (bicyclic) bond motifs is 1. The molecule has 3 aromatic rings. The third kappa shape index (κ3) is 3.97. The third-order valence-corrected chi connectivity index (χ3v) is 9.07. The lowest BCUT2D eigenvalue weighted by molar-refractivity contribution is 0.0703. The van der Waals surface area contributed by atoms with E-state index >= 15 is 0 Å². The van der Waals surface area contributed by atoms with E-state index in [4.69, 9.17) is 23.2 Å². The highest BCUT2D eigenvalue weighted by molar-refractivity contribution is 7.89. The van der Waals surface area contributed by atoms with Gasteiger partial charge < -0.3 is 4.90 Å². The van der Waals surface area contributed by atoms with Crippen LogP contribution >= 0.6 is 34.5 Å². The van der Waals surface area contributed by atoms with Gasteiger partial charge in [-0.2, -0.15) is 4.31 Å². The summed E-state index contributed by atoms with van der Waals surface area (Å²) in [5.74, 6) is -0.179. The van der Waals surface area contributed by atoms with Crippen molar-refractivity contribution >= 4 is 60.6 Å². The first-order chi connectivity index (χ1) is 14.3. The SMILES string of the molecule is CCc1ccc(S(=O)(=O)N2CCN(C(=O)c3sc4cc(Cl)ccc4c3Cl)CC2)cc1. The predicted molar refractivity (Wildman–Crippen MR) is 122 cm³/mol. The average molecular weight is 483 g/mol. The Kier molecular flexibility index (Phi) is 6.10. The fourth-order valence-corrected chi connectivity index (χ4v) is 6.68. The van der Waals surface area contributed by atoms with E-state index in [0.717, 1.165) is 22.1 Å². The Morgan fingerprint density at radius 3 is 2.33 bits per heavy atom. The summed E-state index contributed by atoms with van der Waals surface area (Å²) in [4.78, 5) is 15.4. The molecule has 5 nitrogen and oxygen atoms in total. The zero-order valence-corrected chi connectivity index (χ0v) is 19.4. The zero-order valence-electron chi connectivity index (χ0n) is 16.3. The van der Waals surface area contributed by atoms with Crippen LogP contribution in [-0.4, -0.2) is 49.7 Å². The van der Waals surface area contributed by atoms with Crippen LogP contribution in [0.4, 0.5) is 0 Å². The van der Waals surface area contributed by atoms with Crippen LogP contribution in [0.3, 0.4) is 0 Å². The Hall–Kier alpha value is -1.64. The summed E-state index contributed by atoms with van der Waals surface area (Å²) in [6.07, 6.45) is 0.855. The molecule has 0 atom stereocenters. The quantitative estimate of drug-likeness (QED) is 0.530. The zero-order chi connectivity index (χ0) is 21.5. The van der Waals surface area contributed by atoms with Crippen LogP contribution in [0.5, 0.6) is 0 Å². The molecule has 0 N–H and O–H groups in total. The van der Waals surface area contributed by atoms with Gasteiger partial charge in [-0.05, 0) is 36.2 Å². The van der Waals surface area contributed by atoms with Gasteiger partial charge in [-0.1, -0.05) is 48.3 Å². The van der Waals surface area contributed by atoms with E-state index in [1.165, 1.54) is 15.6 Å². The summed E-state index contributed by atoms with van der Waals surface area (Å²) in [6.45, 7) is 3.15.